The topological polar surface area (TPSA) is 26.3 Å². The molecule has 0 heterocycles. The first kappa shape index (κ1) is 15.0. The smallest absolute Gasteiger partial charge is 0.309 e. The summed E-state index contributed by atoms with van der Waals surface area (Å²) in [6.07, 6.45) is 0.283. The molecule has 23 heavy (non-hydrogen) atoms. The molecular weight excluding hydrogens is 284 g/mol. The van der Waals surface area contributed by atoms with Crippen LogP contribution in [0.3, 0.4) is 0 Å². The second kappa shape index (κ2) is 6.93. The summed E-state index contributed by atoms with van der Waals surface area (Å²) in [6, 6.07) is 26.7. The lowest BCUT2D eigenvalue weighted by molar-refractivity contribution is -0.139. The molecule has 0 amide bonds. The first-order valence-corrected chi connectivity index (χ1v) is 7.58. The Balaban J connectivity index is 2.11. The summed E-state index contributed by atoms with van der Waals surface area (Å²) >= 11 is 0. The predicted molar refractivity (Wildman–Crippen MR) is 93.0 cm³/mol. The molecule has 0 bridgehead atoms. The normalized spacial score (nSPS) is 10.3. The lowest BCUT2D eigenvalue weighted by Crippen LogP contribution is -2.04. The average Bonchev–Trinajstić information content (AvgIpc) is 2.63. The Morgan fingerprint density at radius 2 is 1.35 bits per heavy atom. The van der Waals surface area contributed by atoms with Crippen molar-refractivity contribution in [3.63, 3.8) is 0 Å². The van der Waals surface area contributed by atoms with Gasteiger partial charge >= 0.3 is 5.97 Å². The Kier molecular flexibility index (Phi) is 4.53. The van der Waals surface area contributed by atoms with Gasteiger partial charge in [-0.05, 0) is 33.9 Å². The van der Waals surface area contributed by atoms with Crippen molar-refractivity contribution < 1.29 is 9.53 Å². The van der Waals surface area contributed by atoms with Gasteiger partial charge in [-0.3, -0.25) is 4.79 Å². The van der Waals surface area contributed by atoms with E-state index in [2.05, 4.69) is 36.4 Å². The first-order chi connectivity index (χ1) is 11.3. The number of esters is 1. The predicted octanol–water partition coefficient (Wildman–Crippen LogP) is 4.74. The molecule has 2 nitrogen and oxygen atoms in total. The van der Waals surface area contributed by atoms with E-state index < -0.39 is 0 Å². The SMILES string of the molecule is COC(=O)Cc1ccc(-c2ccccc2)c(-c2ccccc2)c1. The second-order valence-corrected chi connectivity index (χ2v) is 5.36. The van der Waals surface area contributed by atoms with Gasteiger partial charge in [0, 0.05) is 0 Å². The number of benzene rings is 3. The Labute approximate surface area is 136 Å². The molecular formula is C21H18O2. The highest BCUT2D eigenvalue weighted by Gasteiger charge is 2.10. The fourth-order valence-electron chi connectivity index (χ4n) is 2.67. The van der Waals surface area contributed by atoms with Gasteiger partial charge in [-0.2, -0.15) is 0 Å². The van der Waals surface area contributed by atoms with E-state index in [1.165, 1.54) is 7.11 Å². The highest BCUT2D eigenvalue weighted by Crippen LogP contribution is 2.33. The van der Waals surface area contributed by atoms with Crippen LogP contribution in [0.15, 0.2) is 78.9 Å². The van der Waals surface area contributed by atoms with Gasteiger partial charge in [0.15, 0.2) is 0 Å². The van der Waals surface area contributed by atoms with E-state index in [0.717, 1.165) is 27.8 Å². The van der Waals surface area contributed by atoms with E-state index in [4.69, 9.17) is 4.74 Å². The number of hydrogen-bond donors (Lipinski definition) is 0. The monoisotopic (exact) mass is 302 g/mol. The van der Waals surface area contributed by atoms with Crippen molar-refractivity contribution in [3.05, 3.63) is 84.4 Å². The lowest BCUT2D eigenvalue weighted by Gasteiger charge is -2.12. The molecule has 0 fully saturated rings. The molecule has 2 heteroatoms. The minimum atomic E-state index is -0.225. The first-order valence-electron chi connectivity index (χ1n) is 7.58. The van der Waals surface area contributed by atoms with Crippen LogP contribution in [-0.2, 0) is 16.0 Å². The zero-order chi connectivity index (χ0) is 16.1. The summed E-state index contributed by atoms with van der Waals surface area (Å²) in [4.78, 5) is 11.6. The van der Waals surface area contributed by atoms with Crippen LogP contribution >= 0.6 is 0 Å². The lowest BCUT2D eigenvalue weighted by atomic mass is 9.92. The van der Waals surface area contributed by atoms with E-state index in [1.54, 1.807) is 0 Å². The maximum Gasteiger partial charge on any atom is 0.309 e. The van der Waals surface area contributed by atoms with Crippen molar-refractivity contribution in [1.29, 1.82) is 0 Å². The fraction of sp³-hybridized carbons (Fsp3) is 0.0952. The highest BCUT2D eigenvalue weighted by atomic mass is 16.5. The largest absolute Gasteiger partial charge is 0.469 e. The van der Waals surface area contributed by atoms with Crippen LogP contribution in [-0.4, -0.2) is 13.1 Å². The van der Waals surface area contributed by atoms with Gasteiger partial charge in [-0.1, -0.05) is 72.8 Å². The van der Waals surface area contributed by atoms with Crippen molar-refractivity contribution >= 4 is 5.97 Å². The van der Waals surface area contributed by atoms with E-state index in [-0.39, 0.29) is 12.4 Å². The van der Waals surface area contributed by atoms with Crippen molar-refractivity contribution in [2.75, 3.05) is 7.11 Å². The molecule has 0 unspecified atom stereocenters. The van der Waals surface area contributed by atoms with Gasteiger partial charge in [0.25, 0.3) is 0 Å². The number of rotatable bonds is 4. The molecule has 0 aromatic heterocycles. The molecule has 0 aliphatic carbocycles. The van der Waals surface area contributed by atoms with Crippen LogP contribution in [0.1, 0.15) is 5.56 Å². The van der Waals surface area contributed by atoms with Crippen LogP contribution in [0.5, 0.6) is 0 Å². The van der Waals surface area contributed by atoms with Crippen LogP contribution in [0.4, 0.5) is 0 Å². The van der Waals surface area contributed by atoms with E-state index in [1.807, 2.05) is 42.5 Å². The fourth-order valence-corrected chi connectivity index (χ4v) is 2.67. The third-order valence-electron chi connectivity index (χ3n) is 3.83. The van der Waals surface area contributed by atoms with Gasteiger partial charge in [0.2, 0.25) is 0 Å². The minimum absolute atomic E-state index is 0.225. The van der Waals surface area contributed by atoms with Gasteiger partial charge in [-0.25, -0.2) is 0 Å². The quantitative estimate of drug-likeness (QED) is 0.651. The maximum atomic E-state index is 11.6. The molecule has 0 aliphatic heterocycles. The third kappa shape index (κ3) is 3.49. The zero-order valence-electron chi connectivity index (χ0n) is 13.0. The molecule has 0 spiro atoms. The van der Waals surface area contributed by atoms with E-state index >= 15 is 0 Å². The molecule has 0 saturated carbocycles. The van der Waals surface area contributed by atoms with Gasteiger partial charge in [0.1, 0.15) is 0 Å². The Morgan fingerprint density at radius 3 is 1.91 bits per heavy atom. The molecule has 3 aromatic rings. The van der Waals surface area contributed by atoms with Crippen LogP contribution < -0.4 is 0 Å². The number of methoxy groups -OCH3 is 1. The van der Waals surface area contributed by atoms with Crippen molar-refractivity contribution in [2.24, 2.45) is 0 Å². The van der Waals surface area contributed by atoms with Crippen molar-refractivity contribution in [1.82, 2.24) is 0 Å². The Bertz CT molecular complexity index is 793. The number of carbonyl (C=O) groups is 1. The van der Waals surface area contributed by atoms with Crippen LogP contribution in [0, 0.1) is 0 Å². The number of carbonyl (C=O) groups excluding carboxylic acids is 1. The average molecular weight is 302 g/mol. The molecule has 0 N–H and O–H groups in total. The summed E-state index contributed by atoms with van der Waals surface area (Å²) < 4.78 is 4.78. The van der Waals surface area contributed by atoms with E-state index in [0.29, 0.717) is 0 Å². The standard InChI is InChI=1S/C21H18O2/c1-23-21(22)15-16-12-13-19(17-8-4-2-5-9-17)20(14-16)18-10-6-3-7-11-18/h2-14H,15H2,1H3. The molecule has 0 radical (unpaired) electrons. The number of hydrogen-bond acceptors (Lipinski definition) is 2. The molecule has 0 saturated heterocycles. The van der Waals surface area contributed by atoms with Gasteiger partial charge in [-0.15, -0.1) is 0 Å². The van der Waals surface area contributed by atoms with Gasteiger partial charge < -0.3 is 4.74 Å². The molecule has 114 valence electrons. The minimum Gasteiger partial charge on any atom is -0.469 e. The Morgan fingerprint density at radius 1 is 0.783 bits per heavy atom. The highest BCUT2D eigenvalue weighted by molar-refractivity contribution is 5.84. The molecule has 0 aliphatic rings. The summed E-state index contributed by atoms with van der Waals surface area (Å²) in [6.45, 7) is 0. The third-order valence-corrected chi connectivity index (χ3v) is 3.83. The molecule has 3 aromatic carbocycles. The van der Waals surface area contributed by atoms with Crippen LogP contribution in [0.25, 0.3) is 22.3 Å². The van der Waals surface area contributed by atoms with Crippen LogP contribution in [0.2, 0.25) is 0 Å². The number of ether oxygens (including phenoxy) is 1. The Hall–Kier alpha value is -2.87. The molecule has 3 rings (SSSR count). The second-order valence-electron chi connectivity index (χ2n) is 5.36. The zero-order valence-corrected chi connectivity index (χ0v) is 13.0. The van der Waals surface area contributed by atoms with E-state index in [9.17, 15) is 4.79 Å². The van der Waals surface area contributed by atoms with Crippen molar-refractivity contribution in [2.45, 2.75) is 6.42 Å². The summed E-state index contributed by atoms with van der Waals surface area (Å²) in [5.74, 6) is -0.225. The molecule has 0 atom stereocenters. The summed E-state index contributed by atoms with van der Waals surface area (Å²) in [7, 11) is 1.42. The van der Waals surface area contributed by atoms with Crippen molar-refractivity contribution in [3.8, 4) is 22.3 Å². The summed E-state index contributed by atoms with van der Waals surface area (Å²) in [5, 5.41) is 0. The summed E-state index contributed by atoms with van der Waals surface area (Å²) in [5.41, 5.74) is 5.54. The maximum absolute atomic E-state index is 11.6. The van der Waals surface area contributed by atoms with Gasteiger partial charge in [0.05, 0.1) is 13.5 Å².